The van der Waals surface area contributed by atoms with Crippen molar-refractivity contribution in [3.63, 3.8) is 0 Å². The van der Waals surface area contributed by atoms with Crippen LogP contribution >= 0.6 is 0 Å². The average Bonchev–Trinajstić information content (AvgIpc) is 2.48. The van der Waals surface area contributed by atoms with Gasteiger partial charge in [0.1, 0.15) is 0 Å². The maximum Gasteiger partial charge on any atom is 0.167 e. The zero-order chi connectivity index (χ0) is 15.8. The molecule has 1 fully saturated rings. The summed E-state index contributed by atoms with van der Waals surface area (Å²) in [4.78, 5) is 2.20. The van der Waals surface area contributed by atoms with E-state index in [4.69, 9.17) is 15.1 Å². The molecule has 0 bridgehead atoms. The summed E-state index contributed by atoms with van der Waals surface area (Å²) in [6, 6.07) is 10.4. The zero-order valence-electron chi connectivity index (χ0n) is 14.0. The fraction of sp³-hybridized carbons (Fsp3) is 0.650. The van der Waals surface area contributed by atoms with Gasteiger partial charge in [-0.3, -0.25) is 4.90 Å². The van der Waals surface area contributed by atoms with Crippen molar-refractivity contribution in [2.24, 2.45) is 0 Å². The van der Waals surface area contributed by atoms with E-state index in [1.807, 2.05) is 24.3 Å². The molecule has 1 heterocycles. The average molecular weight is 427 g/mol. The second-order valence-corrected chi connectivity index (χ2v) is 5.81. The first-order chi connectivity index (χ1) is 9.93. The van der Waals surface area contributed by atoms with Crippen LogP contribution in [-0.4, -0.2) is 42.0 Å². The van der Waals surface area contributed by atoms with Crippen LogP contribution in [0.5, 0.6) is 0 Å². The van der Waals surface area contributed by atoms with Gasteiger partial charge in [-0.2, -0.15) is 5.26 Å². The Hall–Kier alpha value is -0.306. The minimum absolute atomic E-state index is 0. The summed E-state index contributed by atoms with van der Waals surface area (Å²) in [7, 11) is 0. The molecule has 1 N–H and O–H groups in total. The molecule has 1 aliphatic rings. The van der Waals surface area contributed by atoms with Crippen LogP contribution in [0.2, 0.25) is 0 Å². The molecule has 1 aromatic rings. The number of aliphatic hydroxyl groups excluding tert-OH is 1. The van der Waals surface area contributed by atoms with Crippen LogP contribution in [0, 0.1) is 11.3 Å². The van der Waals surface area contributed by atoms with Crippen molar-refractivity contribution in [1.82, 2.24) is 4.90 Å². The van der Waals surface area contributed by atoms with Gasteiger partial charge in [0.15, 0.2) is 6.29 Å². The summed E-state index contributed by atoms with van der Waals surface area (Å²) < 4.78 is 4.97. The molecule has 1 aliphatic heterocycles. The van der Waals surface area contributed by atoms with Gasteiger partial charge in [-0.25, -0.2) is 0 Å². The van der Waals surface area contributed by atoms with Crippen LogP contribution in [0.15, 0.2) is 24.3 Å². The molecule has 2 rings (SSSR count). The number of nitriles is 1. The molecule has 25 heavy (non-hydrogen) atoms. The third-order valence-electron chi connectivity index (χ3n) is 3.49. The molecule has 1 unspecified atom stereocenters. The molecule has 0 spiro atoms. The molecular weight excluding hydrogens is 389 g/mol. The van der Waals surface area contributed by atoms with E-state index in [0.717, 1.165) is 12.1 Å². The number of rotatable bonds is 2. The third kappa shape index (κ3) is 12.6. The van der Waals surface area contributed by atoms with Gasteiger partial charge in [0.25, 0.3) is 0 Å². The van der Waals surface area contributed by atoms with Crippen LogP contribution < -0.4 is 0 Å². The fourth-order valence-corrected chi connectivity index (χ4v) is 2.09. The van der Waals surface area contributed by atoms with Crippen LogP contribution in [0.1, 0.15) is 67.0 Å². The van der Waals surface area contributed by atoms with E-state index in [1.54, 1.807) is 0 Å². The minimum Gasteiger partial charge on any atom is -0.367 e. The first-order valence-electron chi connectivity index (χ1n) is 7.47. The van der Waals surface area contributed by atoms with E-state index in [9.17, 15) is 0 Å². The summed E-state index contributed by atoms with van der Waals surface area (Å²) in [5.41, 5.74) is 1.97. The molecule has 0 saturated carbocycles. The van der Waals surface area contributed by atoms with Crippen molar-refractivity contribution in [3.8, 4) is 6.07 Å². The fourth-order valence-electron chi connectivity index (χ4n) is 2.09. The quantitative estimate of drug-likeness (QED) is 0.748. The van der Waals surface area contributed by atoms with Gasteiger partial charge in [-0.1, -0.05) is 48.3 Å². The number of benzene rings is 1. The summed E-state index contributed by atoms with van der Waals surface area (Å²) >= 11 is 0. The first-order valence-corrected chi connectivity index (χ1v) is 7.47. The Kier molecular flexibility index (Phi) is 22.2. The molecule has 1 radical (unpaired) electrons. The molecule has 5 heteroatoms. The van der Waals surface area contributed by atoms with Gasteiger partial charge in [0, 0.05) is 51.8 Å². The Morgan fingerprint density at radius 3 is 2.20 bits per heavy atom. The summed E-state index contributed by atoms with van der Waals surface area (Å²) in [6.45, 7) is 10.7. The molecule has 1 aromatic carbocycles. The molecule has 0 aromatic heterocycles. The molecule has 1 saturated heterocycles. The smallest absolute Gasteiger partial charge is 0.167 e. The van der Waals surface area contributed by atoms with Crippen molar-refractivity contribution < 1.29 is 42.6 Å². The van der Waals surface area contributed by atoms with Crippen molar-refractivity contribution in [1.29, 1.82) is 5.26 Å². The summed E-state index contributed by atoms with van der Waals surface area (Å²) in [6.07, 6.45) is -0.573. The standard InChI is InChI=1S/C10H11N.C7H15NO2.3CH4.Y/c1-8(2)10-5-3-4-9(6-10)7-11;1-6(2)8-3-4-10-7(9)5-8;;;;/h3-6,8H,1-2H3;6-7,9H,3-5H2,1-2H3;3*1H4;. The monoisotopic (exact) mass is 427 g/mol. The predicted molar refractivity (Wildman–Crippen MR) is 104 cm³/mol. The maximum absolute atomic E-state index is 9.06. The Morgan fingerprint density at radius 1 is 1.20 bits per heavy atom. The zero-order valence-corrected chi connectivity index (χ0v) is 16.8. The van der Waals surface area contributed by atoms with Crippen LogP contribution in [0.4, 0.5) is 0 Å². The predicted octanol–water partition coefficient (Wildman–Crippen LogP) is 4.63. The minimum atomic E-state index is -0.573. The normalized spacial score (nSPS) is 16.0. The second-order valence-electron chi connectivity index (χ2n) is 5.81. The number of β-amino-alcohol motifs (C(OH)–C–C–N with tert-alkyl or cyclic N) is 1. The molecule has 4 nitrogen and oxygen atoms in total. The van der Waals surface area contributed by atoms with Crippen LogP contribution in [0.25, 0.3) is 0 Å². The van der Waals surface area contributed by atoms with E-state index in [1.165, 1.54) is 5.56 Å². The van der Waals surface area contributed by atoms with Gasteiger partial charge in [-0.15, -0.1) is 0 Å². The number of ether oxygens (including phenoxy) is 1. The van der Waals surface area contributed by atoms with E-state index < -0.39 is 6.29 Å². The number of morpholine rings is 1. The largest absolute Gasteiger partial charge is 0.367 e. The van der Waals surface area contributed by atoms with Gasteiger partial charge in [-0.05, 0) is 37.5 Å². The maximum atomic E-state index is 9.06. The number of nitrogens with zero attached hydrogens (tertiary/aromatic N) is 2. The Labute approximate surface area is 181 Å². The molecule has 143 valence electrons. The molecule has 1 atom stereocenters. The van der Waals surface area contributed by atoms with Crippen molar-refractivity contribution in [2.45, 2.75) is 68.2 Å². The SMILES string of the molecule is C.C.C.CC(C)N1CCOC(O)C1.CC(C)c1cccc(C#N)c1.[Y]. The van der Waals surface area contributed by atoms with Gasteiger partial charge >= 0.3 is 0 Å². The van der Waals surface area contributed by atoms with Crippen molar-refractivity contribution >= 4 is 0 Å². The van der Waals surface area contributed by atoms with Gasteiger partial charge in [0.2, 0.25) is 0 Å². The topological polar surface area (TPSA) is 56.5 Å². The number of hydrogen-bond donors (Lipinski definition) is 1. The molecule has 0 aliphatic carbocycles. The van der Waals surface area contributed by atoms with Crippen molar-refractivity contribution in [2.75, 3.05) is 19.7 Å². The number of aliphatic hydroxyl groups is 1. The van der Waals surface area contributed by atoms with Crippen molar-refractivity contribution in [3.05, 3.63) is 35.4 Å². The van der Waals surface area contributed by atoms with E-state index in [2.05, 4.69) is 38.7 Å². The van der Waals surface area contributed by atoms with Crippen LogP contribution in [0.3, 0.4) is 0 Å². The Bertz CT molecular complexity index is 473. The Balaban J connectivity index is -0.000000152. The first kappa shape index (κ1) is 32.4. The third-order valence-corrected chi connectivity index (χ3v) is 3.49. The van der Waals surface area contributed by atoms with Gasteiger partial charge < -0.3 is 9.84 Å². The van der Waals surface area contributed by atoms with E-state index in [0.29, 0.717) is 25.1 Å². The van der Waals surface area contributed by atoms with E-state index >= 15 is 0 Å². The summed E-state index contributed by atoms with van der Waals surface area (Å²) in [5.74, 6) is 0.503. The second kappa shape index (κ2) is 17.1. The van der Waals surface area contributed by atoms with Gasteiger partial charge in [0.05, 0.1) is 18.2 Å². The van der Waals surface area contributed by atoms with E-state index in [-0.39, 0.29) is 55.0 Å². The molecule has 0 amide bonds. The Morgan fingerprint density at radius 2 is 1.80 bits per heavy atom. The number of hydrogen-bond acceptors (Lipinski definition) is 4. The van der Waals surface area contributed by atoms with Crippen LogP contribution in [-0.2, 0) is 37.4 Å². The summed E-state index contributed by atoms with van der Waals surface area (Å²) in [5, 5.41) is 17.7. The molecular formula is C20H38N2O2Y.